The number of piperidine rings is 1. The number of anilines is 1. The van der Waals surface area contributed by atoms with Crippen LogP contribution in [0.3, 0.4) is 0 Å². The Morgan fingerprint density at radius 3 is 2.92 bits per heavy atom. The van der Waals surface area contributed by atoms with E-state index in [1.165, 1.54) is 0 Å². The van der Waals surface area contributed by atoms with E-state index in [1.807, 2.05) is 13.0 Å². The zero-order valence-corrected chi connectivity index (χ0v) is 14.2. The summed E-state index contributed by atoms with van der Waals surface area (Å²) >= 11 is 0. The maximum absolute atomic E-state index is 12.4. The minimum Gasteiger partial charge on any atom is -0.356 e. The van der Waals surface area contributed by atoms with Crippen molar-refractivity contribution < 1.29 is 9.59 Å². The summed E-state index contributed by atoms with van der Waals surface area (Å²) in [5.74, 6) is 0.558. The summed E-state index contributed by atoms with van der Waals surface area (Å²) in [5.41, 5.74) is 0.612. The molecule has 1 fully saturated rings. The van der Waals surface area contributed by atoms with Crippen LogP contribution >= 0.6 is 0 Å². The van der Waals surface area contributed by atoms with Crippen LogP contribution in [0.2, 0.25) is 0 Å². The molecule has 132 valence electrons. The Hall–Kier alpha value is -2.90. The number of urea groups is 1. The van der Waals surface area contributed by atoms with Gasteiger partial charge in [-0.1, -0.05) is 0 Å². The van der Waals surface area contributed by atoms with Crippen LogP contribution in [-0.4, -0.2) is 51.2 Å². The largest absolute Gasteiger partial charge is 0.356 e. The van der Waals surface area contributed by atoms with E-state index in [-0.39, 0.29) is 17.9 Å². The number of nitrogens with zero attached hydrogens (tertiary/aromatic N) is 4. The maximum Gasteiger partial charge on any atom is 0.321 e. The molecule has 0 aromatic carbocycles. The number of hydrogen-bond acceptors (Lipinski definition) is 4. The van der Waals surface area contributed by atoms with Crippen LogP contribution in [-0.2, 0) is 4.79 Å². The van der Waals surface area contributed by atoms with Crippen molar-refractivity contribution in [1.29, 1.82) is 0 Å². The fourth-order valence-corrected chi connectivity index (χ4v) is 2.90. The molecular formula is C17H22N6O2. The van der Waals surface area contributed by atoms with Gasteiger partial charge in [0.2, 0.25) is 5.91 Å². The Morgan fingerprint density at radius 1 is 1.36 bits per heavy atom. The fraction of sp³-hybridized carbons (Fsp3) is 0.412. The lowest BCUT2D eigenvalue weighted by molar-refractivity contribution is -0.126. The average molecular weight is 342 g/mol. The zero-order chi connectivity index (χ0) is 17.6. The highest BCUT2D eigenvalue weighted by atomic mass is 16.2. The summed E-state index contributed by atoms with van der Waals surface area (Å²) in [6.45, 7) is 3.60. The van der Waals surface area contributed by atoms with Crippen molar-refractivity contribution in [1.82, 2.24) is 25.0 Å². The van der Waals surface area contributed by atoms with Crippen LogP contribution in [0.1, 0.15) is 19.8 Å². The molecule has 8 nitrogen and oxygen atoms in total. The number of carbonyl (C=O) groups excluding carboxylic acids is 2. The molecule has 0 spiro atoms. The first kappa shape index (κ1) is 16.9. The van der Waals surface area contributed by atoms with Crippen molar-refractivity contribution >= 4 is 17.6 Å². The van der Waals surface area contributed by atoms with Crippen LogP contribution in [0.4, 0.5) is 10.5 Å². The van der Waals surface area contributed by atoms with E-state index >= 15 is 0 Å². The number of aromatic nitrogens is 3. The fourth-order valence-electron chi connectivity index (χ4n) is 2.90. The number of likely N-dealkylation sites (tertiary alicyclic amines) is 1. The molecule has 3 rings (SSSR count). The molecule has 2 N–H and O–H groups in total. The van der Waals surface area contributed by atoms with Gasteiger partial charge in [-0.25, -0.2) is 14.5 Å². The van der Waals surface area contributed by atoms with Crippen molar-refractivity contribution in [2.24, 2.45) is 5.92 Å². The molecule has 2 aromatic rings. The summed E-state index contributed by atoms with van der Waals surface area (Å²) in [7, 11) is 0. The SMILES string of the molecule is CCNC(=O)[C@H]1CCCN(C(=O)Nc2ccc(-n3cccn3)nc2)C1. The highest BCUT2D eigenvalue weighted by Gasteiger charge is 2.28. The summed E-state index contributed by atoms with van der Waals surface area (Å²) in [6.07, 6.45) is 6.72. The van der Waals surface area contributed by atoms with E-state index in [0.29, 0.717) is 31.1 Å². The molecular weight excluding hydrogens is 320 g/mol. The molecule has 8 heteroatoms. The van der Waals surface area contributed by atoms with Gasteiger partial charge in [-0.15, -0.1) is 0 Å². The third-order valence-electron chi connectivity index (χ3n) is 4.17. The van der Waals surface area contributed by atoms with E-state index in [0.717, 1.165) is 12.8 Å². The lowest BCUT2D eigenvalue weighted by Crippen LogP contribution is -2.46. The zero-order valence-electron chi connectivity index (χ0n) is 14.2. The highest BCUT2D eigenvalue weighted by Crippen LogP contribution is 2.18. The first-order chi connectivity index (χ1) is 12.2. The molecule has 1 atom stereocenters. The normalized spacial score (nSPS) is 17.2. The van der Waals surface area contributed by atoms with Crippen molar-refractivity contribution in [3.8, 4) is 5.82 Å². The quantitative estimate of drug-likeness (QED) is 0.884. The second-order valence-electron chi connectivity index (χ2n) is 5.97. The van der Waals surface area contributed by atoms with Gasteiger partial charge in [0.15, 0.2) is 5.82 Å². The van der Waals surface area contributed by atoms with Crippen molar-refractivity contribution in [2.45, 2.75) is 19.8 Å². The molecule has 1 aliphatic rings. The Kier molecular flexibility index (Phi) is 5.27. The van der Waals surface area contributed by atoms with Gasteiger partial charge in [-0.3, -0.25) is 4.79 Å². The Morgan fingerprint density at radius 2 is 2.24 bits per heavy atom. The summed E-state index contributed by atoms with van der Waals surface area (Å²) in [6, 6.07) is 5.19. The molecule has 0 aliphatic carbocycles. The van der Waals surface area contributed by atoms with Crippen LogP contribution in [0.5, 0.6) is 0 Å². The molecule has 3 heterocycles. The summed E-state index contributed by atoms with van der Waals surface area (Å²) in [4.78, 5) is 30.4. The van der Waals surface area contributed by atoms with Gasteiger partial charge in [0.05, 0.1) is 17.8 Å². The number of amides is 3. The van der Waals surface area contributed by atoms with Gasteiger partial charge in [0, 0.05) is 32.0 Å². The average Bonchev–Trinajstić information content (AvgIpc) is 3.17. The Balaban J connectivity index is 1.59. The van der Waals surface area contributed by atoms with E-state index in [4.69, 9.17) is 0 Å². The molecule has 2 aromatic heterocycles. The van der Waals surface area contributed by atoms with Crippen molar-refractivity contribution in [3.63, 3.8) is 0 Å². The molecule has 0 saturated carbocycles. The van der Waals surface area contributed by atoms with E-state index in [9.17, 15) is 9.59 Å². The smallest absolute Gasteiger partial charge is 0.321 e. The van der Waals surface area contributed by atoms with Crippen LogP contribution in [0.15, 0.2) is 36.8 Å². The second kappa shape index (κ2) is 7.78. The number of carbonyl (C=O) groups is 2. The van der Waals surface area contributed by atoms with Gasteiger partial charge in [-0.05, 0) is 38.0 Å². The number of rotatable bonds is 4. The standard InChI is InChI=1S/C17H22N6O2/c1-2-18-16(24)13-5-3-9-22(12-13)17(25)21-14-6-7-15(19-11-14)23-10-4-8-20-23/h4,6-8,10-11,13H,2-3,5,9,12H2,1H3,(H,18,24)(H,21,25)/t13-/m0/s1. The van der Waals surface area contributed by atoms with Gasteiger partial charge >= 0.3 is 6.03 Å². The molecule has 1 aliphatic heterocycles. The van der Waals surface area contributed by atoms with Gasteiger partial charge < -0.3 is 15.5 Å². The molecule has 25 heavy (non-hydrogen) atoms. The number of hydrogen-bond donors (Lipinski definition) is 2. The molecule has 0 unspecified atom stereocenters. The number of nitrogens with one attached hydrogen (secondary N) is 2. The summed E-state index contributed by atoms with van der Waals surface area (Å²) < 4.78 is 1.65. The monoisotopic (exact) mass is 342 g/mol. The first-order valence-corrected chi connectivity index (χ1v) is 8.47. The lowest BCUT2D eigenvalue weighted by atomic mass is 9.97. The lowest BCUT2D eigenvalue weighted by Gasteiger charge is -2.32. The number of pyridine rings is 1. The maximum atomic E-state index is 12.4. The minimum absolute atomic E-state index is 0.0187. The van der Waals surface area contributed by atoms with Crippen molar-refractivity contribution in [3.05, 3.63) is 36.8 Å². The van der Waals surface area contributed by atoms with E-state index in [2.05, 4.69) is 20.7 Å². The van der Waals surface area contributed by atoms with Gasteiger partial charge in [-0.2, -0.15) is 5.10 Å². The molecule has 1 saturated heterocycles. The predicted octanol–water partition coefficient (Wildman–Crippen LogP) is 1.65. The predicted molar refractivity (Wildman–Crippen MR) is 93.4 cm³/mol. The Labute approximate surface area is 146 Å². The molecule has 0 bridgehead atoms. The topological polar surface area (TPSA) is 92.2 Å². The molecule has 0 radical (unpaired) electrons. The Bertz CT molecular complexity index is 713. The first-order valence-electron chi connectivity index (χ1n) is 8.47. The van der Waals surface area contributed by atoms with Crippen molar-refractivity contribution in [2.75, 3.05) is 25.0 Å². The molecule has 3 amide bonds. The minimum atomic E-state index is -0.206. The van der Waals surface area contributed by atoms with E-state index < -0.39 is 0 Å². The third kappa shape index (κ3) is 4.14. The second-order valence-corrected chi connectivity index (χ2v) is 5.97. The van der Waals surface area contributed by atoms with Crippen LogP contribution in [0.25, 0.3) is 5.82 Å². The van der Waals surface area contributed by atoms with Crippen LogP contribution < -0.4 is 10.6 Å². The third-order valence-corrected chi connectivity index (χ3v) is 4.17. The van der Waals surface area contributed by atoms with Gasteiger partial charge in [0.1, 0.15) is 0 Å². The highest BCUT2D eigenvalue weighted by molar-refractivity contribution is 5.90. The van der Waals surface area contributed by atoms with Gasteiger partial charge in [0.25, 0.3) is 0 Å². The summed E-state index contributed by atoms with van der Waals surface area (Å²) in [5, 5.41) is 9.78. The van der Waals surface area contributed by atoms with E-state index in [1.54, 1.807) is 40.3 Å². The van der Waals surface area contributed by atoms with Crippen LogP contribution in [0, 0.1) is 5.92 Å².